The molecule has 0 aliphatic carbocycles. The average Bonchev–Trinajstić information content (AvgIpc) is 3.09. The first-order valence-corrected chi connectivity index (χ1v) is 9.70. The molecular formula is C17H26N2O4S. The van der Waals surface area contributed by atoms with Gasteiger partial charge in [-0.15, -0.1) is 0 Å². The Morgan fingerprint density at radius 1 is 1.21 bits per heavy atom. The molecular weight excluding hydrogens is 328 g/mol. The highest BCUT2D eigenvalue weighted by Crippen LogP contribution is 2.29. The van der Waals surface area contributed by atoms with Gasteiger partial charge in [-0.2, -0.15) is 4.31 Å². The number of nitrogens with one attached hydrogen (secondary N) is 1. The molecule has 0 aromatic heterocycles. The van der Waals surface area contributed by atoms with Crippen LogP contribution >= 0.6 is 0 Å². The van der Waals surface area contributed by atoms with Crippen LogP contribution in [-0.2, 0) is 10.0 Å². The second-order valence-electron chi connectivity index (χ2n) is 6.48. The van der Waals surface area contributed by atoms with Crippen LogP contribution in [0.5, 0.6) is 5.75 Å². The van der Waals surface area contributed by atoms with Crippen molar-refractivity contribution in [3.8, 4) is 5.75 Å². The van der Waals surface area contributed by atoms with Gasteiger partial charge in [-0.05, 0) is 43.9 Å². The van der Waals surface area contributed by atoms with Gasteiger partial charge >= 0.3 is 0 Å². The number of benzene rings is 1. The SMILES string of the molecule is COc1ccc(C(=O)NC(C)C(C)C)cc1S(=O)(=O)N1CCCC1. The maximum absolute atomic E-state index is 12.8. The number of hydrogen-bond donors (Lipinski definition) is 1. The molecule has 1 aliphatic heterocycles. The number of amides is 1. The molecule has 1 fully saturated rings. The first-order valence-electron chi connectivity index (χ1n) is 8.26. The Morgan fingerprint density at radius 2 is 1.83 bits per heavy atom. The molecule has 1 atom stereocenters. The Hall–Kier alpha value is -1.60. The molecule has 7 heteroatoms. The summed E-state index contributed by atoms with van der Waals surface area (Å²) >= 11 is 0. The second-order valence-corrected chi connectivity index (χ2v) is 8.39. The molecule has 0 radical (unpaired) electrons. The molecule has 1 aromatic carbocycles. The molecule has 1 unspecified atom stereocenters. The molecule has 1 N–H and O–H groups in total. The van der Waals surface area contributed by atoms with Crippen LogP contribution in [0.15, 0.2) is 23.1 Å². The van der Waals surface area contributed by atoms with Gasteiger partial charge in [0, 0.05) is 24.7 Å². The fourth-order valence-electron chi connectivity index (χ4n) is 2.54. The minimum atomic E-state index is -3.65. The third-order valence-electron chi connectivity index (χ3n) is 4.47. The molecule has 2 rings (SSSR count). The molecule has 1 aromatic rings. The van der Waals surface area contributed by atoms with Gasteiger partial charge in [-0.1, -0.05) is 13.8 Å². The van der Waals surface area contributed by atoms with E-state index in [1.54, 1.807) is 6.07 Å². The van der Waals surface area contributed by atoms with Gasteiger partial charge in [0.05, 0.1) is 7.11 Å². The van der Waals surface area contributed by atoms with Gasteiger partial charge in [-0.3, -0.25) is 4.79 Å². The molecule has 24 heavy (non-hydrogen) atoms. The zero-order chi connectivity index (χ0) is 17.9. The largest absolute Gasteiger partial charge is 0.495 e. The Kier molecular flexibility index (Phi) is 5.87. The topological polar surface area (TPSA) is 75.7 Å². The van der Waals surface area contributed by atoms with Crippen molar-refractivity contribution in [3.05, 3.63) is 23.8 Å². The molecule has 1 heterocycles. The molecule has 0 spiro atoms. The third kappa shape index (κ3) is 3.89. The standard InChI is InChI=1S/C17H26N2O4S/c1-12(2)13(3)18-17(20)14-7-8-15(23-4)16(11-14)24(21,22)19-9-5-6-10-19/h7-8,11-13H,5-6,9-10H2,1-4H3,(H,18,20). The average molecular weight is 354 g/mol. The highest BCUT2D eigenvalue weighted by atomic mass is 32.2. The Morgan fingerprint density at radius 3 is 2.38 bits per heavy atom. The van der Waals surface area contributed by atoms with E-state index < -0.39 is 10.0 Å². The predicted octanol–water partition coefficient (Wildman–Crippen LogP) is 2.25. The van der Waals surface area contributed by atoms with Crippen LogP contribution in [0.2, 0.25) is 0 Å². The van der Waals surface area contributed by atoms with Gasteiger partial charge in [0.15, 0.2) is 0 Å². The zero-order valence-electron chi connectivity index (χ0n) is 14.7. The number of carbonyl (C=O) groups is 1. The summed E-state index contributed by atoms with van der Waals surface area (Å²) in [5.74, 6) is 0.270. The van der Waals surface area contributed by atoms with E-state index in [1.807, 2.05) is 20.8 Å². The van der Waals surface area contributed by atoms with Crippen LogP contribution in [-0.4, -0.2) is 44.9 Å². The molecule has 134 valence electrons. The van der Waals surface area contributed by atoms with Crippen molar-refractivity contribution >= 4 is 15.9 Å². The summed E-state index contributed by atoms with van der Waals surface area (Å²) in [5, 5.41) is 2.89. The molecule has 0 bridgehead atoms. The van der Waals surface area contributed by atoms with Gasteiger partial charge < -0.3 is 10.1 Å². The molecule has 0 saturated carbocycles. The van der Waals surface area contributed by atoms with E-state index in [0.717, 1.165) is 12.8 Å². The highest BCUT2D eigenvalue weighted by Gasteiger charge is 2.30. The third-order valence-corrected chi connectivity index (χ3v) is 6.39. The summed E-state index contributed by atoms with van der Waals surface area (Å²) in [6.45, 7) is 6.97. The number of rotatable bonds is 6. The van der Waals surface area contributed by atoms with Gasteiger partial charge in [0.1, 0.15) is 10.6 Å². The lowest BCUT2D eigenvalue weighted by Gasteiger charge is -2.20. The normalized spacial score (nSPS) is 17.0. The Labute approximate surface area is 144 Å². The van der Waals surface area contributed by atoms with Crippen molar-refractivity contribution in [2.24, 2.45) is 5.92 Å². The van der Waals surface area contributed by atoms with Gasteiger partial charge in [-0.25, -0.2) is 8.42 Å². The lowest BCUT2D eigenvalue weighted by molar-refractivity contribution is 0.0930. The highest BCUT2D eigenvalue weighted by molar-refractivity contribution is 7.89. The van der Waals surface area contributed by atoms with Crippen molar-refractivity contribution in [2.45, 2.75) is 44.6 Å². The maximum atomic E-state index is 12.8. The van der Waals surface area contributed by atoms with Crippen LogP contribution in [0.4, 0.5) is 0 Å². The van der Waals surface area contributed by atoms with E-state index in [1.165, 1.54) is 23.5 Å². The number of sulfonamides is 1. The fourth-order valence-corrected chi connectivity index (χ4v) is 4.24. The summed E-state index contributed by atoms with van der Waals surface area (Å²) in [4.78, 5) is 12.5. The van der Waals surface area contributed by atoms with Crippen LogP contribution < -0.4 is 10.1 Å². The molecule has 1 aliphatic rings. The maximum Gasteiger partial charge on any atom is 0.251 e. The van der Waals surface area contributed by atoms with Crippen molar-refractivity contribution in [1.82, 2.24) is 9.62 Å². The van der Waals surface area contributed by atoms with E-state index in [2.05, 4.69) is 5.32 Å². The van der Waals surface area contributed by atoms with Gasteiger partial charge in [0.2, 0.25) is 10.0 Å². The predicted molar refractivity (Wildman–Crippen MR) is 92.8 cm³/mol. The molecule has 1 amide bonds. The second kappa shape index (κ2) is 7.53. The van der Waals surface area contributed by atoms with Crippen molar-refractivity contribution in [2.75, 3.05) is 20.2 Å². The summed E-state index contributed by atoms with van der Waals surface area (Å²) in [5.41, 5.74) is 0.320. The Balaban J connectivity index is 2.35. The first-order chi connectivity index (χ1) is 11.3. The van der Waals surface area contributed by atoms with Gasteiger partial charge in [0.25, 0.3) is 5.91 Å². The lowest BCUT2D eigenvalue weighted by Crippen LogP contribution is -2.36. The van der Waals surface area contributed by atoms with Crippen molar-refractivity contribution < 1.29 is 17.9 Å². The number of ether oxygens (including phenoxy) is 1. The molecule has 6 nitrogen and oxygen atoms in total. The van der Waals surface area contributed by atoms with Crippen LogP contribution in [0.1, 0.15) is 44.0 Å². The summed E-state index contributed by atoms with van der Waals surface area (Å²) in [6, 6.07) is 4.54. The summed E-state index contributed by atoms with van der Waals surface area (Å²) < 4.78 is 32.3. The van der Waals surface area contributed by atoms with Crippen LogP contribution in [0.25, 0.3) is 0 Å². The van der Waals surface area contributed by atoms with E-state index >= 15 is 0 Å². The quantitative estimate of drug-likeness (QED) is 0.850. The zero-order valence-corrected chi connectivity index (χ0v) is 15.5. The van der Waals surface area contributed by atoms with E-state index in [4.69, 9.17) is 4.74 Å². The number of hydrogen-bond acceptors (Lipinski definition) is 4. The Bertz CT molecular complexity index is 695. The van der Waals surface area contributed by atoms with Crippen molar-refractivity contribution in [3.63, 3.8) is 0 Å². The minimum Gasteiger partial charge on any atom is -0.495 e. The van der Waals surface area contributed by atoms with Crippen molar-refractivity contribution in [1.29, 1.82) is 0 Å². The number of carbonyl (C=O) groups excluding carboxylic acids is 1. The fraction of sp³-hybridized carbons (Fsp3) is 0.588. The monoisotopic (exact) mass is 354 g/mol. The summed E-state index contributed by atoms with van der Waals surface area (Å²) in [7, 11) is -2.22. The van der Waals surface area contributed by atoms with E-state index in [9.17, 15) is 13.2 Å². The van der Waals surface area contributed by atoms with Crippen LogP contribution in [0, 0.1) is 5.92 Å². The lowest BCUT2D eigenvalue weighted by atomic mass is 10.1. The summed E-state index contributed by atoms with van der Waals surface area (Å²) in [6.07, 6.45) is 1.71. The van der Waals surface area contributed by atoms with E-state index in [0.29, 0.717) is 24.6 Å². The molecule has 1 saturated heterocycles. The smallest absolute Gasteiger partial charge is 0.251 e. The first kappa shape index (κ1) is 18.7. The van der Waals surface area contributed by atoms with E-state index in [-0.39, 0.29) is 22.6 Å². The minimum absolute atomic E-state index is 0.00163. The van der Waals surface area contributed by atoms with Crippen LogP contribution in [0.3, 0.4) is 0 Å². The number of methoxy groups -OCH3 is 1. The number of nitrogens with zero attached hydrogens (tertiary/aromatic N) is 1.